The third kappa shape index (κ3) is 3.95. The summed E-state index contributed by atoms with van der Waals surface area (Å²) in [6, 6.07) is 10.9. The molecule has 0 radical (unpaired) electrons. The Morgan fingerprint density at radius 2 is 1.90 bits per heavy atom. The van der Waals surface area contributed by atoms with Crippen molar-refractivity contribution in [1.29, 1.82) is 0 Å². The van der Waals surface area contributed by atoms with Crippen LogP contribution in [0.3, 0.4) is 0 Å². The normalized spacial score (nSPS) is 10.9. The minimum atomic E-state index is 0.811. The molecule has 0 fully saturated rings. The van der Waals surface area contributed by atoms with E-state index in [4.69, 9.17) is 4.74 Å². The minimum Gasteiger partial charge on any atom is -0.385 e. The zero-order valence-corrected chi connectivity index (χ0v) is 12.6. The van der Waals surface area contributed by atoms with Crippen LogP contribution in [0.2, 0.25) is 0 Å². The lowest BCUT2D eigenvalue weighted by molar-refractivity contribution is 0.194. The van der Waals surface area contributed by atoms with E-state index in [1.54, 1.807) is 7.11 Å². The Bertz CT molecular complexity index is 525. The van der Waals surface area contributed by atoms with Crippen LogP contribution in [0.1, 0.15) is 23.2 Å². The van der Waals surface area contributed by atoms with E-state index in [2.05, 4.69) is 60.3 Å². The average Bonchev–Trinajstić information content (AvgIpc) is 2.86. The van der Waals surface area contributed by atoms with Gasteiger partial charge >= 0.3 is 0 Å². The summed E-state index contributed by atoms with van der Waals surface area (Å²) in [5, 5.41) is 3.46. The van der Waals surface area contributed by atoms with E-state index in [0.717, 1.165) is 26.1 Å². The van der Waals surface area contributed by atoms with Crippen molar-refractivity contribution in [3.8, 4) is 5.69 Å². The molecule has 0 saturated heterocycles. The lowest BCUT2D eigenvalue weighted by Gasteiger charge is -2.12. The lowest BCUT2D eigenvalue weighted by atomic mass is 10.1. The molecule has 2 aromatic rings. The van der Waals surface area contributed by atoms with Gasteiger partial charge in [-0.1, -0.05) is 6.07 Å². The maximum atomic E-state index is 5.05. The maximum Gasteiger partial charge on any atom is 0.0474 e. The molecule has 0 saturated carbocycles. The quantitative estimate of drug-likeness (QED) is 0.783. The highest BCUT2D eigenvalue weighted by molar-refractivity contribution is 5.41. The largest absolute Gasteiger partial charge is 0.385 e. The number of aromatic nitrogens is 1. The van der Waals surface area contributed by atoms with Crippen LogP contribution in [0.4, 0.5) is 0 Å². The van der Waals surface area contributed by atoms with Crippen LogP contribution in [0.15, 0.2) is 36.5 Å². The zero-order chi connectivity index (χ0) is 14.4. The molecule has 3 heteroatoms. The number of benzene rings is 1. The molecule has 1 N–H and O–H groups in total. The van der Waals surface area contributed by atoms with E-state index >= 15 is 0 Å². The summed E-state index contributed by atoms with van der Waals surface area (Å²) >= 11 is 0. The summed E-state index contributed by atoms with van der Waals surface area (Å²) in [5.74, 6) is 0. The molecule has 0 atom stereocenters. The SMILES string of the molecule is COCCCNCc1cccn1-c1cc(C)cc(C)c1. The Kier molecular flexibility index (Phi) is 5.39. The van der Waals surface area contributed by atoms with Gasteiger partial charge < -0.3 is 14.6 Å². The van der Waals surface area contributed by atoms with Crippen molar-refractivity contribution in [3.05, 3.63) is 53.3 Å². The van der Waals surface area contributed by atoms with Gasteiger partial charge in [0.05, 0.1) is 0 Å². The highest BCUT2D eigenvalue weighted by Gasteiger charge is 2.04. The summed E-state index contributed by atoms with van der Waals surface area (Å²) in [5.41, 5.74) is 5.12. The van der Waals surface area contributed by atoms with Gasteiger partial charge in [0, 0.05) is 37.8 Å². The Morgan fingerprint density at radius 3 is 2.60 bits per heavy atom. The van der Waals surface area contributed by atoms with Crippen LogP contribution in [0.25, 0.3) is 5.69 Å². The Morgan fingerprint density at radius 1 is 1.15 bits per heavy atom. The van der Waals surface area contributed by atoms with Gasteiger partial charge in [0.1, 0.15) is 0 Å². The molecule has 1 aromatic heterocycles. The lowest BCUT2D eigenvalue weighted by Crippen LogP contribution is -2.18. The molecule has 2 rings (SSSR count). The second-order valence-electron chi connectivity index (χ2n) is 5.24. The smallest absolute Gasteiger partial charge is 0.0474 e. The van der Waals surface area contributed by atoms with Crippen molar-refractivity contribution in [2.45, 2.75) is 26.8 Å². The Balaban J connectivity index is 2.04. The first-order valence-electron chi connectivity index (χ1n) is 7.15. The van der Waals surface area contributed by atoms with Crippen LogP contribution in [0.5, 0.6) is 0 Å². The molecular weight excluding hydrogens is 248 g/mol. The monoisotopic (exact) mass is 272 g/mol. The van der Waals surface area contributed by atoms with Gasteiger partial charge in [0.25, 0.3) is 0 Å². The summed E-state index contributed by atoms with van der Waals surface area (Å²) in [6.07, 6.45) is 3.17. The van der Waals surface area contributed by atoms with E-state index < -0.39 is 0 Å². The van der Waals surface area contributed by atoms with Crippen molar-refractivity contribution in [2.75, 3.05) is 20.3 Å². The summed E-state index contributed by atoms with van der Waals surface area (Å²) in [7, 11) is 1.74. The molecule has 108 valence electrons. The van der Waals surface area contributed by atoms with E-state index in [0.29, 0.717) is 0 Å². The van der Waals surface area contributed by atoms with Gasteiger partial charge in [-0.2, -0.15) is 0 Å². The van der Waals surface area contributed by atoms with Gasteiger partial charge in [-0.25, -0.2) is 0 Å². The van der Waals surface area contributed by atoms with Crippen LogP contribution in [-0.2, 0) is 11.3 Å². The predicted octanol–water partition coefficient (Wildman–Crippen LogP) is 3.22. The molecule has 0 aliphatic carbocycles. The topological polar surface area (TPSA) is 26.2 Å². The van der Waals surface area contributed by atoms with Crippen molar-refractivity contribution in [1.82, 2.24) is 9.88 Å². The van der Waals surface area contributed by atoms with Crippen LogP contribution in [0, 0.1) is 13.8 Å². The highest BCUT2D eigenvalue weighted by Crippen LogP contribution is 2.16. The van der Waals surface area contributed by atoms with E-state index in [-0.39, 0.29) is 0 Å². The number of hydrogen-bond donors (Lipinski definition) is 1. The molecule has 0 aliphatic heterocycles. The maximum absolute atomic E-state index is 5.05. The van der Waals surface area contributed by atoms with E-state index in [1.165, 1.54) is 22.5 Å². The molecule has 3 nitrogen and oxygen atoms in total. The molecule has 1 aromatic carbocycles. The van der Waals surface area contributed by atoms with Gasteiger partial charge in [0.2, 0.25) is 0 Å². The summed E-state index contributed by atoms with van der Waals surface area (Å²) < 4.78 is 7.31. The van der Waals surface area contributed by atoms with Crippen molar-refractivity contribution in [2.24, 2.45) is 0 Å². The Hall–Kier alpha value is -1.58. The third-order valence-electron chi connectivity index (χ3n) is 3.33. The van der Waals surface area contributed by atoms with Crippen LogP contribution < -0.4 is 5.32 Å². The molecule has 0 amide bonds. The first kappa shape index (κ1) is 14.8. The Labute approximate surface area is 121 Å². The molecule has 0 unspecified atom stereocenters. The third-order valence-corrected chi connectivity index (χ3v) is 3.33. The fourth-order valence-electron chi connectivity index (χ4n) is 2.46. The predicted molar refractivity (Wildman–Crippen MR) is 83.4 cm³/mol. The summed E-state index contributed by atoms with van der Waals surface area (Å²) in [6.45, 7) is 6.95. The first-order valence-corrected chi connectivity index (χ1v) is 7.15. The van der Waals surface area contributed by atoms with Gasteiger partial charge in [0.15, 0.2) is 0 Å². The van der Waals surface area contributed by atoms with Gasteiger partial charge in [-0.05, 0) is 62.2 Å². The standard InChI is InChI=1S/C17H24N2O/c1-14-10-15(2)12-17(11-14)19-8-4-6-16(19)13-18-7-5-9-20-3/h4,6,8,10-12,18H,5,7,9,13H2,1-3H3. The van der Waals surface area contributed by atoms with Crippen molar-refractivity contribution < 1.29 is 4.74 Å². The number of ether oxygens (including phenoxy) is 1. The minimum absolute atomic E-state index is 0.811. The summed E-state index contributed by atoms with van der Waals surface area (Å²) in [4.78, 5) is 0. The van der Waals surface area contributed by atoms with Crippen molar-refractivity contribution >= 4 is 0 Å². The number of rotatable bonds is 7. The fraction of sp³-hybridized carbons (Fsp3) is 0.412. The van der Waals surface area contributed by atoms with Crippen LogP contribution >= 0.6 is 0 Å². The van der Waals surface area contributed by atoms with Crippen molar-refractivity contribution in [3.63, 3.8) is 0 Å². The molecule has 1 heterocycles. The van der Waals surface area contributed by atoms with E-state index in [1.807, 2.05) is 0 Å². The van der Waals surface area contributed by atoms with Crippen LogP contribution in [-0.4, -0.2) is 24.8 Å². The van der Waals surface area contributed by atoms with E-state index in [9.17, 15) is 0 Å². The number of aryl methyl sites for hydroxylation is 2. The number of hydrogen-bond acceptors (Lipinski definition) is 2. The van der Waals surface area contributed by atoms with Gasteiger partial charge in [-0.15, -0.1) is 0 Å². The highest BCUT2D eigenvalue weighted by atomic mass is 16.5. The molecular formula is C17H24N2O. The molecule has 0 bridgehead atoms. The fourth-order valence-corrected chi connectivity index (χ4v) is 2.46. The second-order valence-corrected chi connectivity index (χ2v) is 5.24. The average molecular weight is 272 g/mol. The molecule has 20 heavy (non-hydrogen) atoms. The zero-order valence-electron chi connectivity index (χ0n) is 12.6. The number of nitrogens with one attached hydrogen (secondary N) is 1. The first-order chi connectivity index (χ1) is 9.70. The second kappa shape index (κ2) is 7.27. The molecule has 0 aliphatic rings. The number of nitrogens with zero attached hydrogens (tertiary/aromatic N) is 1. The number of methoxy groups -OCH3 is 1. The molecule has 0 spiro atoms. The van der Waals surface area contributed by atoms with Gasteiger partial charge in [-0.3, -0.25) is 0 Å².